The highest BCUT2D eigenvalue weighted by atomic mass is 16.7. The Morgan fingerprint density at radius 1 is 1.29 bits per heavy atom. The highest BCUT2D eigenvalue weighted by Crippen LogP contribution is 2.54. The van der Waals surface area contributed by atoms with E-state index < -0.39 is 5.60 Å². The summed E-state index contributed by atoms with van der Waals surface area (Å²) in [6.45, 7) is 0.488. The van der Waals surface area contributed by atoms with Crippen molar-refractivity contribution in [1.82, 2.24) is 0 Å². The molecule has 2 saturated heterocycles. The van der Waals surface area contributed by atoms with E-state index in [1.54, 1.807) is 0 Å². The topological polar surface area (TPSA) is 38.8 Å². The van der Waals surface area contributed by atoms with Crippen molar-refractivity contribution in [2.45, 2.75) is 18.1 Å². The minimum atomic E-state index is -0.638. The molecule has 3 nitrogen and oxygen atoms in total. The molecular weight excluding hydrogens is 180 g/mol. The van der Waals surface area contributed by atoms with Gasteiger partial charge in [-0.2, -0.15) is 0 Å². The van der Waals surface area contributed by atoms with Gasteiger partial charge in [-0.1, -0.05) is 30.3 Å². The van der Waals surface area contributed by atoms with E-state index in [0.717, 1.165) is 5.56 Å². The Morgan fingerprint density at radius 3 is 2.71 bits per heavy atom. The molecule has 72 valence electrons. The second kappa shape index (κ2) is 2.58. The van der Waals surface area contributed by atoms with Crippen molar-refractivity contribution in [1.29, 1.82) is 0 Å². The average Bonchev–Trinajstić information content (AvgIpc) is 2.84. The Labute approximate surface area is 81.6 Å². The van der Waals surface area contributed by atoms with Crippen LogP contribution in [0.15, 0.2) is 30.3 Å². The molecular formula is C11H10O3. The molecule has 0 aromatic heterocycles. The highest BCUT2D eigenvalue weighted by molar-refractivity contribution is 5.85. The molecule has 2 heterocycles. The quantitative estimate of drug-likeness (QED) is 0.497. The molecule has 0 N–H and O–H groups in total. The predicted octanol–water partition coefficient (Wildman–Crippen LogP) is 1.44. The minimum absolute atomic E-state index is 0.0845. The molecule has 2 atom stereocenters. The minimum Gasteiger partial charge on any atom is -0.463 e. The van der Waals surface area contributed by atoms with Gasteiger partial charge in [0.1, 0.15) is 6.10 Å². The molecule has 0 bridgehead atoms. The van der Waals surface area contributed by atoms with Crippen LogP contribution in [0.3, 0.4) is 0 Å². The van der Waals surface area contributed by atoms with Gasteiger partial charge >= 0.3 is 5.97 Å². The van der Waals surface area contributed by atoms with Gasteiger partial charge in [-0.05, 0) is 5.56 Å². The lowest BCUT2D eigenvalue weighted by molar-refractivity contribution is -0.142. The van der Waals surface area contributed by atoms with Crippen LogP contribution in [-0.2, 0) is 14.3 Å². The van der Waals surface area contributed by atoms with Gasteiger partial charge in [0.2, 0.25) is 0 Å². The van der Waals surface area contributed by atoms with Gasteiger partial charge in [-0.25, -0.2) is 4.79 Å². The van der Waals surface area contributed by atoms with Crippen LogP contribution >= 0.6 is 0 Å². The summed E-state index contributed by atoms with van der Waals surface area (Å²) in [6, 6.07) is 9.80. The molecule has 3 rings (SSSR count). The number of rotatable bonds is 1. The fourth-order valence-corrected chi connectivity index (χ4v) is 2.01. The van der Waals surface area contributed by atoms with E-state index in [1.165, 1.54) is 0 Å². The van der Waals surface area contributed by atoms with Gasteiger partial charge < -0.3 is 9.47 Å². The van der Waals surface area contributed by atoms with Crippen molar-refractivity contribution in [2.75, 3.05) is 6.61 Å². The maximum Gasteiger partial charge on any atom is 0.341 e. The van der Waals surface area contributed by atoms with Gasteiger partial charge in [0.15, 0.2) is 5.60 Å². The second-order valence-electron chi connectivity index (χ2n) is 3.68. The number of epoxide rings is 1. The fourth-order valence-electron chi connectivity index (χ4n) is 2.01. The highest BCUT2D eigenvalue weighted by Gasteiger charge is 2.66. The normalized spacial score (nSPS) is 34.6. The van der Waals surface area contributed by atoms with E-state index in [9.17, 15) is 4.79 Å². The average molecular weight is 190 g/mol. The second-order valence-corrected chi connectivity index (χ2v) is 3.68. The molecule has 3 heteroatoms. The summed E-state index contributed by atoms with van der Waals surface area (Å²) in [5.74, 6) is -0.202. The molecule has 1 aromatic carbocycles. The first-order valence-corrected chi connectivity index (χ1v) is 4.73. The molecule has 1 spiro atoms. The molecule has 1 aromatic rings. The van der Waals surface area contributed by atoms with E-state index in [1.807, 2.05) is 30.3 Å². The van der Waals surface area contributed by atoms with Crippen LogP contribution in [-0.4, -0.2) is 18.2 Å². The molecule has 0 amide bonds. The molecule has 2 fully saturated rings. The van der Waals surface area contributed by atoms with Gasteiger partial charge in [0, 0.05) is 6.42 Å². The van der Waals surface area contributed by atoms with Crippen LogP contribution in [0, 0.1) is 0 Å². The predicted molar refractivity (Wildman–Crippen MR) is 48.6 cm³/mol. The number of hydrogen-bond donors (Lipinski definition) is 0. The Balaban J connectivity index is 1.89. The van der Waals surface area contributed by atoms with Crippen LogP contribution in [0.25, 0.3) is 0 Å². The van der Waals surface area contributed by atoms with E-state index in [4.69, 9.17) is 9.47 Å². The largest absolute Gasteiger partial charge is 0.463 e. The molecule has 0 aliphatic carbocycles. The van der Waals surface area contributed by atoms with Crippen LogP contribution < -0.4 is 0 Å². The maximum atomic E-state index is 11.4. The Morgan fingerprint density at radius 2 is 2.07 bits per heavy atom. The van der Waals surface area contributed by atoms with Crippen LogP contribution in [0.2, 0.25) is 0 Å². The Hall–Kier alpha value is -1.35. The van der Waals surface area contributed by atoms with Crippen LogP contribution in [0.1, 0.15) is 18.1 Å². The zero-order valence-electron chi connectivity index (χ0n) is 7.60. The van der Waals surface area contributed by atoms with Gasteiger partial charge in [0.05, 0.1) is 6.61 Å². The number of hydrogen-bond acceptors (Lipinski definition) is 3. The zero-order chi connectivity index (χ0) is 9.60. The van der Waals surface area contributed by atoms with Gasteiger partial charge in [-0.3, -0.25) is 0 Å². The zero-order valence-corrected chi connectivity index (χ0v) is 7.60. The third kappa shape index (κ3) is 0.930. The van der Waals surface area contributed by atoms with Crippen molar-refractivity contribution in [3.8, 4) is 0 Å². The summed E-state index contributed by atoms with van der Waals surface area (Å²) in [5, 5.41) is 0. The molecule has 0 unspecified atom stereocenters. The fraction of sp³-hybridized carbons (Fsp3) is 0.364. The molecule has 2 aliphatic heterocycles. The Kier molecular flexibility index (Phi) is 1.47. The van der Waals surface area contributed by atoms with E-state index >= 15 is 0 Å². The standard InChI is InChI=1S/C11H10O3/c12-10-11(6-7-13-10)9(14-11)8-4-2-1-3-5-8/h1-5,9H,6-7H2/t9-,11-/m1/s1. The van der Waals surface area contributed by atoms with Crippen molar-refractivity contribution in [3.05, 3.63) is 35.9 Å². The van der Waals surface area contributed by atoms with Crippen molar-refractivity contribution in [2.24, 2.45) is 0 Å². The van der Waals surface area contributed by atoms with E-state index in [2.05, 4.69) is 0 Å². The van der Waals surface area contributed by atoms with Crippen molar-refractivity contribution < 1.29 is 14.3 Å². The smallest absolute Gasteiger partial charge is 0.341 e. The number of carbonyl (C=O) groups is 1. The SMILES string of the molecule is O=C1OCC[C@]12O[C@@H]2c1ccccc1. The van der Waals surface area contributed by atoms with E-state index in [-0.39, 0.29) is 12.1 Å². The van der Waals surface area contributed by atoms with Crippen LogP contribution in [0.5, 0.6) is 0 Å². The molecule has 0 saturated carbocycles. The van der Waals surface area contributed by atoms with Crippen molar-refractivity contribution >= 4 is 5.97 Å². The first-order valence-electron chi connectivity index (χ1n) is 4.73. The number of ether oxygens (including phenoxy) is 2. The summed E-state index contributed by atoms with van der Waals surface area (Å²) in [7, 11) is 0. The number of esters is 1. The molecule has 0 radical (unpaired) electrons. The summed E-state index contributed by atoms with van der Waals surface area (Å²) in [5.41, 5.74) is 0.424. The number of benzene rings is 1. The summed E-state index contributed by atoms with van der Waals surface area (Å²) in [6.07, 6.45) is 0.601. The number of cyclic esters (lactones) is 1. The first kappa shape index (κ1) is 8.00. The molecule has 14 heavy (non-hydrogen) atoms. The Bertz CT molecular complexity index is 373. The monoisotopic (exact) mass is 190 g/mol. The lowest BCUT2D eigenvalue weighted by atomic mass is 9.98. The maximum absolute atomic E-state index is 11.4. The summed E-state index contributed by atoms with van der Waals surface area (Å²) < 4.78 is 10.4. The van der Waals surface area contributed by atoms with Crippen molar-refractivity contribution in [3.63, 3.8) is 0 Å². The summed E-state index contributed by atoms with van der Waals surface area (Å²) in [4.78, 5) is 11.4. The van der Waals surface area contributed by atoms with E-state index in [0.29, 0.717) is 13.0 Å². The third-order valence-corrected chi connectivity index (χ3v) is 2.85. The third-order valence-electron chi connectivity index (χ3n) is 2.85. The lowest BCUT2D eigenvalue weighted by Gasteiger charge is -1.97. The van der Waals surface area contributed by atoms with Crippen LogP contribution in [0.4, 0.5) is 0 Å². The summed E-state index contributed by atoms with van der Waals surface area (Å²) >= 11 is 0. The van der Waals surface area contributed by atoms with Gasteiger partial charge in [0.25, 0.3) is 0 Å². The first-order chi connectivity index (χ1) is 6.83. The van der Waals surface area contributed by atoms with Gasteiger partial charge in [-0.15, -0.1) is 0 Å². The molecule has 2 aliphatic rings. The number of carbonyl (C=O) groups excluding carboxylic acids is 1. The lowest BCUT2D eigenvalue weighted by Crippen LogP contribution is -2.18.